The first-order valence-corrected chi connectivity index (χ1v) is 7.19. The summed E-state index contributed by atoms with van der Waals surface area (Å²) in [5, 5.41) is 20.0. The number of nitro groups is 1. The molecule has 0 amide bonds. The molecule has 3 aromatic rings. The van der Waals surface area contributed by atoms with Crippen LogP contribution in [0.25, 0.3) is 23.0 Å². The highest BCUT2D eigenvalue weighted by Gasteiger charge is 2.08. The SMILES string of the molecule is N#C/C(=C/c1ccc(-c2ccccc2)o1)c1ccc([N+](=O)[O-])cc1. The fraction of sp³-hybridized carbons (Fsp3) is 0. The van der Waals surface area contributed by atoms with Gasteiger partial charge in [-0.15, -0.1) is 0 Å². The van der Waals surface area contributed by atoms with Crippen LogP contribution in [0, 0.1) is 21.4 Å². The van der Waals surface area contributed by atoms with Crippen molar-refractivity contribution in [2.75, 3.05) is 0 Å². The number of nitro benzene ring substituents is 1. The third kappa shape index (κ3) is 3.23. The van der Waals surface area contributed by atoms with Gasteiger partial charge in [0.15, 0.2) is 0 Å². The molecule has 5 nitrogen and oxygen atoms in total. The van der Waals surface area contributed by atoms with Crippen molar-refractivity contribution >= 4 is 17.3 Å². The highest BCUT2D eigenvalue weighted by atomic mass is 16.6. The predicted molar refractivity (Wildman–Crippen MR) is 90.7 cm³/mol. The monoisotopic (exact) mass is 316 g/mol. The van der Waals surface area contributed by atoms with Gasteiger partial charge in [-0.1, -0.05) is 30.3 Å². The Bertz CT molecular complexity index is 933. The third-order valence-electron chi connectivity index (χ3n) is 3.48. The Morgan fingerprint density at radius 2 is 1.75 bits per heavy atom. The molecule has 0 aliphatic heterocycles. The van der Waals surface area contributed by atoms with E-state index in [-0.39, 0.29) is 5.69 Å². The second-order valence-corrected chi connectivity index (χ2v) is 5.04. The molecule has 5 heteroatoms. The van der Waals surface area contributed by atoms with Crippen molar-refractivity contribution < 1.29 is 9.34 Å². The number of benzene rings is 2. The Morgan fingerprint density at radius 3 is 2.38 bits per heavy atom. The first-order valence-electron chi connectivity index (χ1n) is 7.19. The van der Waals surface area contributed by atoms with Gasteiger partial charge in [-0.2, -0.15) is 5.26 Å². The number of nitriles is 1. The minimum Gasteiger partial charge on any atom is -0.457 e. The first kappa shape index (κ1) is 15.3. The van der Waals surface area contributed by atoms with Crippen molar-refractivity contribution in [3.05, 3.63) is 88.2 Å². The van der Waals surface area contributed by atoms with Crippen LogP contribution >= 0.6 is 0 Å². The molecule has 1 aromatic heterocycles. The van der Waals surface area contributed by atoms with Crippen LogP contribution in [0.1, 0.15) is 11.3 Å². The molecule has 24 heavy (non-hydrogen) atoms. The van der Waals surface area contributed by atoms with E-state index in [1.165, 1.54) is 12.1 Å². The van der Waals surface area contributed by atoms with E-state index in [1.807, 2.05) is 36.4 Å². The number of hydrogen-bond donors (Lipinski definition) is 0. The zero-order valence-corrected chi connectivity index (χ0v) is 12.5. The first-order chi connectivity index (χ1) is 11.7. The van der Waals surface area contributed by atoms with Gasteiger partial charge in [-0.25, -0.2) is 0 Å². The van der Waals surface area contributed by atoms with Crippen LogP contribution in [0.5, 0.6) is 0 Å². The maximum absolute atomic E-state index is 10.7. The Balaban J connectivity index is 1.90. The Kier molecular flexibility index (Phi) is 4.21. The number of furan rings is 1. The Morgan fingerprint density at radius 1 is 1.04 bits per heavy atom. The van der Waals surface area contributed by atoms with Crippen molar-refractivity contribution in [1.82, 2.24) is 0 Å². The second-order valence-electron chi connectivity index (χ2n) is 5.04. The topological polar surface area (TPSA) is 80.1 Å². The van der Waals surface area contributed by atoms with Gasteiger partial charge in [0.05, 0.1) is 16.6 Å². The lowest BCUT2D eigenvalue weighted by atomic mass is 10.1. The fourth-order valence-electron chi connectivity index (χ4n) is 2.27. The van der Waals surface area contributed by atoms with Crippen LogP contribution < -0.4 is 0 Å². The summed E-state index contributed by atoms with van der Waals surface area (Å²) in [6.45, 7) is 0. The summed E-state index contributed by atoms with van der Waals surface area (Å²) in [5.41, 5.74) is 1.91. The average molecular weight is 316 g/mol. The molecule has 0 radical (unpaired) electrons. The highest BCUT2D eigenvalue weighted by Crippen LogP contribution is 2.25. The van der Waals surface area contributed by atoms with Gasteiger partial charge in [0, 0.05) is 17.7 Å². The van der Waals surface area contributed by atoms with Crippen molar-refractivity contribution in [3.8, 4) is 17.4 Å². The molecule has 1 heterocycles. The maximum Gasteiger partial charge on any atom is 0.269 e. The summed E-state index contributed by atoms with van der Waals surface area (Å²) < 4.78 is 5.75. The van der Waals surface area contributed by atoms with Gasteiger partial charge in [-0.3, -0.25) is 10.1 Å². The number of hydrogen-bond acceptors (Lipinski definition) is 4. The van der Waals surface area contributed by atoms with E-state index in [2.05, 4.69) is 6.07 Å². The van der Waals surface area contributed by atoms with Crippen LogP contribution in [0.15, 0.2) is 71.1 Å². The maximum atomic E-state index is 10.7. The van der Waals surface area contributed by atoms with E-state index in [9.17, 15) is 15.4 Å². The minimum atomic E-state index is -0.474. The quantitative estimate of drug-likeness (QED) is 0.389. The summed E-state index contributed by atoms with van der Waals surface area (Å²) in [7, 11) is 0. The number of nitrogens with zero attached hydrogens (tertiary/aromatic N) is 2. The molecule has 2 aromatic carbocycles. The molecule has 0 unspecified atom stereocenters. The van der Waals surface area contributed by atoms with Crippen LogP contribution in [0.2, 0.25) is 0 Å². The van der Waals surface area contributed by atoms with Gasteiger partial charge in [0.2, 0.25) is 0 Å². The normalized spacial score (nSPS) is 11.0. The van der Waals surface area contributed by atoms with E-state index in [1.54, 1.807) is 24.3 Å². The van der Waals surface area contributed by atoms with Crippen molar-refractivity contribution in [2.45, 2.75) is 0 Å². The molecule has 0 aliphatic carbocycles. The van der Waals surface area contributed by atoms with Crippen LogP contribution in [-0.4, -0.2) is 4.92 Å². The van der Waals surface area contributed by atoms with Crippen LogP contribution in [0.3, 0.4) is 0 Å². The third-order valence-corrected chi connectivity index (χ3v) is 3.48. The fourth-order valence-corrected chi connectivity index (χ4v) is 2.27. The van der Waals surface area contributed by atoms with Crippen LogP contribution in [-0.2, 0) is 0 Å². The molecule has 0 spiro atoms. The average Bonchev–Trinajstić information content (AvgIpc) is 3.09. The van der Waals surface area contributed by atoms with E-state index >= 15 is 0 Å². The zero-order chi connectivity index (χ0) is 16.9. The van der Waals surface area contributed by atoms with Gasteiger partial charge in [-0.05, 0) is 35.9 Å². The number of rotatable bonds is 4. The predicted octanol–water partition coefficient (Wildman–Crippen LogP) is 4.92. The molecule has 0 fully saturated rings. The van der Waals surface area contributed by atoms with Gasteiger partial charge < -0.3 is 4.42 Å². The lowest BCUT2D eigenvalue weighted by molar-refractivity contribution is -0.384. The zero-order valence-electron chi connectivity index (χ0n) is 12.5. The van der Waals surface area contributed by atoms with Crippen molar-refractivity contribution in [3.63, 3.8) is 0 Å². The van der Waals surface area contributed by atoms with Gasteiger partial charge >= 0.3 is 0 Å². The van der Waals surface area contributed by atoms with E-state index in [0.717, 1.165) is 5.56 Å². The number of non-ortho nitro benzene ring substituents is 1. The molecule has 0 saturated heterocycles. The molecular weight excluding hydrogens is 304 g/mol. The molecular formula is C19H12N2O3. The Labute approximate surface area is 138 Å². The molecule has 0 aliphatic rings. The molecule has 0 saturated carbocycles. The van der Waals surface area contributed by atoms with E-state index in [0.29, 0.717) is 22.7 Å². The summed E-state index contributed by atoms with van der Waals surface area (Å²) in [5.74, 6) is 1.26. The molecule has 116 valence electrons. The molecule has 0 bridgehead atoms. The summed E-state index contributed by atoms with van der Waals surface area (Å²) in [6, 6.07) is 21.2. The van der Waals surface area contributed by atoms with Gasteiger partial charge in [0.1, 0.15) is 11.5 Å². The van der Waals surface area contributed by atoms with Gasteiger partial charge in [0.25, 0.3) is 5.69 Å². The molecule has 0 atom stereocenters. The molecule has 3 rings (SSSR count). The van der Waals surface area contributed by atoms with E-state index in [4.69, 9.17) is 4.42 Å². The Hall–Kier alpha value is -3.65. The van der Waals surface area contributed by atoms with Crippen molar-refractivity contribution in [2.24, 2.45) is 0 Å². The lowest BCUT2D eigenvalue weighted by Gasteiger charge is -1.99. The highest BCUT2D eigenvalue weighted by molar-refractivity contribution is 5.89. The number of allylic oxidation sites excluding steroid dienone is 1. The largest absolute Gasteiger partial charge is 0.457 e. The smallest absolute Gasteiger partial charge is 0.269 e. The van der Waals surface area contributed by atoms with Crippen LogP contribution in [0.4, 0.5) is 5.69 Å². The molecule has 0 N–H and O–H groups in total. The summed E-state index contributed by atoms with van der Waals surface area (Å²) >= 11 is 0. The standard InChI is InChI=1S/C19H12N2O3/c20-13-16(14-6-8-17(9-7-14)21(22)23)12-18-10-11-19(24-18)15-4-2-1-3-5-15/h1-12H/b16-12-. The van der Waals surface area contributed by atoms with Crippen molar-refractivity contribution in [1.29, 1.82) is 5.26 Å². The lowest BCUT2D eigenvalue weighted by Crippen LogP contribution is -1.88. The second kappa shape index (κ2) is 6.63. The minimum absolute atomic E-state index is 0.0135. The summed E-state index contributed by atoms with van der Waals surface area (Å²) in [4.78, 5) is 10.2. The summed E-state index contributed by atoms with van der Waals surface area (Å²) in [6.07, 6.45) is 1.62. The van der Waals surface area contributed by atoms with E-state index < -0.39 is 4.92 Å².